The summed E-state index contributed by atoms with van der Waals surface area (Å²) < 4.78 is 8.32. The van der Waals surface area contributed by atoms with E-state index in [1.807, 2.05) is 37.3 Å². The number of anilines is 1. The lowest BCUT2D eigenvalue weighted by Crippen LogP contribution is -2.30. The summed E-state index contributed by atoms with van der Waals surface area (Å²) in [5.74, 6) is 0.739. The second kappa shape index (κ2) is 9.94. The van der Waals surface area contributed by atoms with Gasteiger partial charge < -0.3 is 14.4 Å². The monoisotopic (exact) mass is 482 g/mol. The van der Waals surface area contributed by atoms with Crippen LogP contribution >= 0.6 is 11.6 Å². The lowest BCUT2D eigenvalue weighted by atomic mass is 10.1. The minimum Gasteiger partial charge on any atom is -0.491 e. The van der Waals surface area contributed by atoms with Gasteiger partial charge in [0.05, 0.1) is 12.3 Å². The molecule has 1 unspecified atom stereocenters. The van der Waals surface area contributed by atoms with Crippen molar-refractivity contribution in [3.63, 3.8) is 0 Å². The van der Waals surface area contributed by atoms with Crippen LogP contribution in [0.2, 0.25) is 5.02 Å². The van der Waals surface area contributed by atoms with Crippen LogP contribution in [0, 0.1) is 0 Å². The van der Waals surface area contributed by atoms with Crippen LogP contribution in [-0.4, -0.2) is 42.6 Å². The van der Waals surface area contributed by atoms with Crippen molar-refractivity contribution in [2.24, 2.45) is 12.1 Å². The topological polar surface area (TPSA) is 127 Å². The third-order valence-corrected chi connectivity index (χ3v) is 5.42. The molecule has 34 heavy (non-hydrogen) atoms. The summed E-state index contributed by atoms with van der Waals surface area (Å²) in [7, 11) is 1.50. The zero-order valence-electron chi connectivity index (χ0n) is 18.5. The molecule has 0 saturated carbocycles. The summed E-state index contributed by atoms with van der Waals surface area (Å²) in [6.07, 6.45) is -0.996. The number of benzene rings is 2. The summed E-state index contributed by atoms with van der Waals surface area (Å²) in [5.41, 5.74) is 3.53. The van der Waals surface area contributed by atoms with Crippen molar-refractivity contribution < 1.29 is 9.84 Å². The fourth-order valence-corrected chi connectivity index (χ4v) is 3.49. The average molecular weight is 483 g/mol. The van der Waals surface area contributed by atoms with Gasteiger partial charge in [0.1, 0.15) is 18.5 Å². The number of imidazole rings is 1. The number of aliphatic hydroxyl groups is 1. The number of rotatable bonds is 8. The lowest BCUT2D eigenvalue weighted by Gasteiger charge is -2.15. The van der Waals surface area contributed by atoms with Crippen LogP contribution in [0.5, 0.6) is 5.75 Å². The lowest BCUT2D eigenvalue weighted by molar-refractivity contribution is 0.0938. The van der Waals surface area contributed by atoms with Crippen LogP contribution < -0.4 is 21.4 Å². The van der Waals surface area contributed by atoms with Crippen molar-refractivity contribution in [1.29, 1.82) is 0 Å². The van der Waals surface area contributed by atoms with Gasteiger partial charge in [-0.1, -0.05) is 41.9 Å². The van der Waals surface area contributed by atoms with Crippen LogP contribution in [-0.2, 0) is 13.6 Å². The fraction of sp³-hybridized carbons (Fsp3) is 0.217. The first-order chi connectivity index (χ1) is 16.3. The van der Waals surface area contributed by atoms with Gasteiger partial charge in [-0.3, -0.25) is 14.3 Å². The zero-order chi connectivity index (χ0) is 24.2. The van der Waals surface area contributed by atoms with Gasteiger partial charge in [0.25, 0.3) is 5.56 Å². The Balaban J connectivity index is 1.64. The van der Waals surface area contributed by atoms with Crippen molar-refractivity contribution in [2.45, 2.75) is 19.6 Å². The molecule has 0 radical (unpaired) electrons. The Kier molecular flexibility index (Phi) is 6.80. The number of nitrogens with zero attached hydrogens (tertiary/aromatic N) is 4. The van der Waals surface area contributed by atoms with Crippen molar-refractivity contribution in [3.05, 3.63) is 86.0 Å². The predicted molar refractivity (Wildman–Crippen MR) is 131 cm³/mol. The Morgan fingerprint density at radius 3 is 2.62 bits per heavy atom. The van der Waals surface area contributed by atoms with Gasteiger partial charge in [0, 0.05) is 12.1 Å². The van der Waals surface area contributed by atoms with Crippen molar-refractivity contribution in [2.75, 3.05) is 12.0 Å². The summed E-state index contributed by atoms with van der Waals surface area (Å²) in [6, 6.07) is 16.3. The number of aliphatic hydroxyl groups excluding tert-OH is 1. The Labute approximate surface area is 199 Å². The molecule has 2 heterocycles. The molecule has 0 aliphatic heterocycles. The van der Waals surface area contributed by atoms with Crippen LogP contribution in [0.25, 0.3) is 11.2 Å². The molecule has 1 atom stereocenters. The molecule has 0 saturated heterocycles. The SMILES string of the molecule is CC(=NNc1nc2c(c(=O)[nH]c(=O)n2C)n1CC(O)COc1ccc(Cl)cc1)c1ccccc1. The Hall–Kier alpha value is -3.89. The van der Waals surface area contributed by atoms with Gasteiger partial charge in [-0.05, 0) is 36.8 Å². The largest absolute Gasteiger partial charge is 0.491 e. The van der Waals surface area contributed by atoms with Crippen LogP contribution in [0.15, 0.2) is 69.3 Å². The third kappa shape index (κ3) is 5.03. The Morgan fingerprint density at radius 2 is 1.91 bits per heavy atom. The highest BCUT2D eigenvalue weighted by atomic mass is 35.5. The summed E-state index contributed by atoms with van der Waals surface area (Å²) >= 11 is 5.88. The maximum atomic E-state index is 12.6. The first kappa shape index (κ1) is 23.3. The van der Waals surface area contributed by atoms with E-state index in [9.17, 15) is 14.7 Å². The Bertz CT molecular complexity index is 1440. The minimum atomic E-state index is -0.996. The average Bonchev–Trinajstić information content (AvgIpc) is 3.20. The first-order valence-corrected chi connectivity index (χ1v) is 10.8. The van der Waals surface area contributed by atoms with E-state index in [4.69, 9.17) is 16.3 Å². The summed E-state index contributed by atoms with van der Waals surface area (Å²) in [4.78, 5) is 31.3. The van der Waals surface area contributed by atoms with Crippen molar-refractivity contribution in [1.82, 2.24) is 19.1 Å². The number of fused-ring (bicyclic) bond motifs is 1. The molecule has 4 aromatic rings. The number of hydrogen-bond acceptors (Lipinski definition) is 7. The van der Waals surface area contributed by atoms with Crippen LogP contribution in [0.1, 0.15) is 12.5 Å². The number of aromatic nitrogens is 4. The van der Waals surface area contributed by atoms with E-state index in [1.165, 1.54) is 16.2 Å². The van der Waals surface area contributed by atoms with E-state index in [0.29, 0.717) is 16.5 Å². The van der Waals surface area contributed by atoms with Crippen LogP contribution in [0.3, 0.4) is 0 Å². The van der Waals surface area contributed by atoms with Gasteiger partial charge in [0.15, 0.2) is 11.2 Å². The minimum absolute atomic E-state index is 0.0341. The maximum Gasteiger partial charge on any atom is 0.329 e. The van der Waals surface area contributed by atoms with Crippen molar-refractivity contribution in [3.8, 4) is 5.75 Å². The normalized spacial score (nSPS) is 12.6. The van der Waals surface area contributed by atoms with E-state index in [0.717, 1.165) is 5.56 Å². The quantitative estimate of drug-likeness (QED) is 0.261. The molecule has 2 aromatic carbocycles. The molecular weight excluding hydrogens is 460 g/mol. The molecule has 0 amide bonds. The standard InChI is InChI=1S/C23H23ClN6O4/c1-14(15-6-4-3-5-7-15)27-28-22-25-20-19(21(32)26-23(33)29(20)2)30(22)12-17(31)13-34-18-10-8-16(24)9-11-18/h3-11,17,31H,12-13H2,1-2H3,(H,25,28)(H,26,32,33). The number of aryl methyl sites for hydroxylation is 1. The predicted octanol–water partition coefficient (Wildman–Crippen LogP) is 2.35. The molecule has 10 nitrogen and oxygen atoms in total. The van der Waals surface area contributed by atoms with Crippen molar-refractivity contribution >= 4 is 34.4 Å². The van der Waals surface area contributed by atoms with Gasteiger partial charge in [-0.15, -0.1) is 0 Å². The number of halogens is 1. The third-order valence-electron chi connectivity index (χ3n) is 5.17. The fourth-order valence-electron chi connectivity index (χ4n) is 3.36. The first-order valence-electron chi connectivity index (χ1n) is 10.4. The second-order valence-corrected chi connectivity index (χ2v) is 8.07. The number of hydrazone groups is 1. The molecule has 0 spiro atoms. The second-order valence-electron chi connectivity index (χ2n) is 7.63. The molecular formula is C23H23ClN6O4. The molecule has 176 valence electrons. The van der Waals surface area contributed by atoms with Gasteiger partial charge in [-0.25, -0.2) is 10.2 Å². The molecule has 11 heteroatoms. The molecule has 4 rings (SSSR count). The van der Waals surface area contributed by atoms with Gasteiger partial charge in [-0.2, -0.15) is 10.1 Å². The van der Waals surface area contributed by atoms with E-state index in [-0.39, 0.29) is 30.3 Å². The number of H-pyrrole nitrogens is 1. The zero-order valence-corrected chi connectivity index (χ0v) is 19.3. The molecule has 0 bridgehead atoms. The van der Waals surface area contributed by atoms with Gasteiger partial charge >= 0.3 is 5.69 Å². The number of aromatic amines is 1. The smallest absolute Gasteiger partial charge is 0.329 e. The number of ether oxygens (including phenoxy) is 1. The molecule has 2 aromatic heterocycles. The summed E-state index contributed by atoms with van der Waals surface area (Å²) in [5, 5.41) is 15.6. The van der Waals surface area contributed by atoms with E-state index >= 15 is 0 Å². The molecule has 0 aliphatic rings. The highest BCUT2D eigenvalue weighted by molar-refractivity contribution is 6.30. The van der Waals surface area contributed by atoms with E-state index in [2.05, 4.69) is 20.5 Å². The maximum absolute atomic E-state index is 12.6. The van der Waals surface area contributed by atoms with Crippen LogP contribution in [0.4, 0.5) is 5.95 Å². The van der Waals surface area contributed by atoms with E-state index in [1.54, 1.807) is 24.3 Å². The number of hydrogen-bond donors (Lipinski definition) is 3. The number of nitrogens with one attached hydrogen (secondary N) is 2. The highest BCUT2D eigenvalue weighted by Crippen LogP contribution is 2.18. The van der Waals surface area contributed by atoms with Gasteiger partial charge in [0.2, 0.25) is 5.95 Å². The summed E-state index contributed by atoms with van der Waals surface area (Å²) in [6.45, 7) is 1.75. The molecule has 0 aliphatic carbocycles. The molecule has 3 N–H and O–H groups in total. The highest BCUT2D eigenvalue weighted by Gasteiger charge is 2.20. The molecule has 0 fully saturated rings. The van der Waals surface area contributed by atoms with E-state index < -0.39 is 17.4 Å². The Morgan fingerprint density at radius 1 is 1.21 bits per heavy atom.